The van der Waals surface area contributed by atoms with E-state index in [1.165, 1.54) is 70.6 Å². The van der Waals surface area contributed by atoms with Crippen molar-refractivity contribution in [2.45, 2.75) is 103 Å². The molecule has 0 aromatic rings. The van der Waals surface area contributed by atoms with Gasteiger partial charge in [0.15, 0.2) is 0 Å². The Kier molecular flexibility index (Phi) is 8.79. The molecule has 0 radical (unpaired) electrons. The van der Waals surface area contributed by atoms with Gasteiger partial charge in [0.1, 0.15) is 0 Å². The van der Waals surface area contributed by atoms with Crippen LogP contribution in [0.15, 0.2) is 0 Å². The van der Waals surface area contributed by atoms with Gasteiger partial charge in [-0.1, -0.05) is 95.0 Å². The molecule has 1 fully saturated rings. The zero-order valence-electron chi connectivity index (χ0n) is 14.4. The van der Waals surface area contributed by atoms with Crippen molar-refractivity contribution in [3.63, 3.8) is 0 Å². The molecule has 3 unspecified atom stereocenters. The first-order valence-corrected chi connectivity index (χ1v) is 10.0. The Morgan fingerprint density at radius 3 is 2.15 bits per heavy atom. The van der Waals surface area contributed by atoms with Crippen LogP contribution in [0.25, 0.3) is 0 Å². The number of alkyl halides is 1. The molecular formula is C19H37Br. The van der Waals surface area contributed by atoms with Crippen molar-refractivity contribution in [1.29, 1.82) is 0 Å². The normalized spacial score (nSPS) is 27.8. The molecule has 0 saturated heterocycles. The third-order valence-electron chi connectivity index (χ3n) is 5.46. The maximum Gasteiger partial charge on any atom is 0.0181 e. The molecule has 120 valence electrons. The van der Waals surface area contributed by atoms with E-state index in [1.54, 1.807) is 0 Å². The smallest absolute Gasteiger partial charge is 0.0181 e. The summed E-state index contributed by atoms with van der Waals surface area (Å²) in [5.41, 5.74) is 0.526. The van der Waals surface area contributed by atoms with Gasteiger partial charge in [0.05, 0.1) is 0 Å². The number of hydrogen-bond acceptors (Lipinski definition) is 0. The molecular weight excluding hydrogens is 308 g/mol. The second-order valence-electron chi connectivity index (χ2n) is 7.90. The average molecular weight is 345 g/mol. The molecule has 0 aliphatic heterocycles. The van der Waals surface area contributed by atoms with Crippen LogP contribution in [0.3, 0.4) is 0 Å². The van der Waals surface area contributed by atoms with Crippen molar-refractivity contribution in [1.82, 2.24) is 0 Å². The first-order chi connectivity index (χ1) is 9.47. The Labute approximate surface area is 136 Å². The second-order valence-corrected chi connectivity index (χ2v) is 9.08. The van der Waals surface area contributed by atoms with Crippen molar-refractivity contribution in [3.8, 4) is 0 Å². The van der Waals surface area contributed by atoms with Crippen LogP contribution in [-0.4, -0.2) is 4.83 Å². The Morgan fingerprint density at radius 1 is 0.950 bits per heavy atom. The summed E-state index contributed by atoms with van der Waals surface area (Å²) >= 11 is 3.98. The zero-order chi connectivity index (χ0) is 15.0. The summed E-state index contributed by atoms with van der Waals surface area (Å²) in [6, 6.07) is 0. The average Bonchev–Trinajstić information content (AvgIpc) is 2.37. The maximum atomic E-state index is 3.98. The van der Waals surface area contributed by atoms with E-state index in [4.69, 9.17) is 0 Å². The highest BCUT2D eigenvalue weighted by atomic mass is 79.9. The quantitative estimate of drug-likeness (QED) is 0.303. The molecule has 0 amide bonds. The van der Waals surface area contributed by atoms with Crippen LogP contribution >= 0.6 is 15.9 Å². The molecule has 0 aromatic carbocycles. The second kappa shape index (κ2) is 9.49. The van der Waals surface area contributed by atoms with Gasteiger partial charge in [-0.3, -0.25) is 0 Å². The van der Waals surface area contributed by atoms with E-state index < -0.39 is 0 Å². The fraction of sp³-hybridized carbons (Fsp3) is 1.00. The topological polar surface area (TPSA) is 0 Å². The third-order valence-corrected chi connectivity index (χ3v) is 6.48. The molecule has 1 saturated carbocycles. The van der Waals surface area contributed by atoms with Crippen molar-refractivity contribution in [2.75, 3.05) is 0 Å². The summed E-state index contributed by atoms with van der Waals surface area (Å²) in [6.07, 6.45) is 15.7. The van der Waals surface area contributed by atoms with E-state index in [2.05, 4.69) is 43.6 Å². The lowest BCUT2D eigenvalue weighted by atomic mass is 9.67. The van der Waals surface area contributed by atoms with E-state index in [0.717, 1.165) is 16.7 Å². The molecule has 0 heterocycles. The van der Waals surface area contributed by atoms with Crippen LogP contribution < -0.4 is 0 Å². The summed E-state index contributed by atoms with van der Waals surface area (Å²) in [6.45, 7) is 9.73. The van der Waals surface area contributed by atoms with Crippen molar-refractivity contribution < 1.29 is 0 Å². The van der Waals surface area contributed by atoms with E-state index in [1.807, 2.05) is 0 Å². The van der Waals surface area contributed by atoms with Crippen LogP contribution in [0.1, 0.15) is 98.3 Å². The molecule has 0 aromatic heterocycles. The molecule has 1 aliphatic rings. The van der Waals surface area contributed by atoms with Crippen LogP contribution in [0.5, 0.6) is 0 Å². The van der Waals surface area contributed by atoms with Crippen molar-refractivity contribution >= 4 is 15.9 Å². The minimum atomic E-state index is 0.526. The van der Waals surface area contributed by atoms with E-state index in [-0.39, 0.29) is 0 Å². The molecule has 0 N–H and O–H groups in total. The highest BCUT2D eigenvalue weighted by molar-refractivity contribution is 9.09. The third kappa shape index (κ3) is 6.50. The Balaban J connectivity index is 2.20. The summed E-state index contributed by atoms with van der Waals surface area (Å²) < 4.78 is 0. The van der Waals surface area contributed by atoms with Gasteiger partial charge < -0.3 is 0 Å². The lowest BCUT2D eigenvalue weighted by Gasteiger charge is -2.42. The van der Waals surface area contributed by atoms with Gasteiger partial charge in [0.2, 0.25) is 0 Å². The zero-order valence-corrected chi connectivity index (χ0v) is 16.0. The maximum absolute atomic E-state index is 3.98. The molecule has 1 aliphatic carbocycles. The van der Waals surface area contributed by atoms with Crippen LogP contribution in [0.4, 0.5) is 0 Å². The molecule has 0 bridgehead atoms. The SMILES string of the molecule is CCCCCCCCCC(C)(C)C1CCC(C)CC1Br. The molecule has 0 spiro atoms. The standard InChI is InChI=1S/C19H37Br/c1-5-6-7-8-9-10-11-14-19(3,4)17-13-12-16(2)15-18(17)20/h16-18H,5-15H2,1-4H3. The highest BCUT2D eigenvalue weighted by Crippen LogP contribution is 2.46. The van der Waals surface area contributed by atoms with E-state index in [0.29, 0.717) is 5.41 Å². The summed E-state index contributed by atoms with van der Waals surface area (Å²) in [5.74, 6) is 1.81. The summed E-state index contributed by atoms with van der Waals surface area (Å²) in [7, 11) is 0. The van der Waals surface area contributed by atoms with E-state index >= 15 is 0 Å². The van der Waals surface area contributed by atoms with Crippen molar-refractivity contribution in [2.24, 2.45) is 17.3 Å². The fourth-order valence-corrected chi connectivity index (χ4v) is 5.53. The van der Waals surface area contributed by atoms with Gasteiger partial charge in [-0.25, -0.2) is 0 Å². The van der Waals surface area contributed by atoms with Gasteiger partial charge in [0.25, 0.3) is 0 Å². The molecule has 0 nitrogen and oxygen atoms in total. The van der Waals surface area contributed by atoms with Gasteiger partial charge in [-0.15, -0.1) is 0 Å². The number of halogens is 1. The van der Waals surface area contributed by atoms with E-state index in [9.17, 15) is 0 Å². The predicted molar refractivity (Wildman–Crippen MR) is 95.6 cm³/mol. The largest absolute Gasteiger partial charge is 0.0887 e. The Bertz CT molecular complexity index is 246. The lowest BCUT2D eigenvalue weighted by Crippen LogP contribution is -2.35. The molecule has 1 rings (SSSR count). The number of hydrogen-bond donors (Lipinski definition) is 0. The summed E-state index contributed by atoms with van der Waals surface area (Å²) in [5, 5.41) is 0. The predicted octanol–water partition coefficient (Wildman–Crippen LogP) is 7.35. The molecule has 1 heteroatoms. The number of rotatable bonds is 9. The molecule has 20 heavy (non-hydrogen) atoms. The monoisotopic (exact) mass is 344 g/mol. The van der Waals surface area contributed by atoms with Gasteiger partial charge in [0, 0.05) is 4.83 Å². The molecule has 3 atom stereocenters. The van der Waals surface area contributed by atoms with Gasteiger partial charge in [-0.05, 0) is 36.5 Å². The first kappa shape index (κ1) is 18.5. The lowest BCUT2D eigenvalue weighted by molar-refractivity contribution is 0.133. The Hall–Kier alpha value is 0.480. The van der Waals surface area contributed by atoms with Gasteiger partial charge in [-0.2, -0.15) is 0 Å². The Morgan fingerprint density at radius 2 is 1.55 bits per heavy atom. The van der Waals surface area contributed by atoms with Crippen LogP contribution in [0.2, 0.25) is 0 Å². The number of unbranched alkanes of at least 4 members (excludes halogenated alkanes) is 6. The van der Waals surface area contributed by atoms with Gasteiger partial charge >= 0.3 is 0 Å². The van der Waals surface area contributed by atoms with Crippen LogP contribution in [0, 0.1) is 17.3 Å². The highest BCUT2D eigenvalue weighted by Gasteiger charge is 2.37. The fourth-order valence-electron chi connectivity index (χ4n) is 3.91. The van der Waals surface area contributed by atoms with Crippen molar-refractivity contribution in [3.05, 3.63) is 0 Å². The van der Waals surface area contributed by atoms with Crippen LogP contribution in [-0.2, 0) is 0 Å². The summed E-state index contributed by atoms with van der Waals surface area (Å²) in [4.78, 5) is 0.755. The minimum Gasteiger partial charge on any atom is -0.0887 e. The first-order valence-electron chi connectivity index (χ1n) is 9.11. The minimum absolute atomic E-state index is 0.526.